The van der Waals surface area contributed by atoms with E-state index in [2.05, 4.69) is 22.9 Å². The standard InChI is InChI=1S/C24H23N3O/c1-5-7-8-17(6-2)23-26-22-14-13-20(15-21(22)24(25-4)27-23)19-11-9-18(10-12-19)16(3)28/h5-15H,2H2,1,3-4H3,(H,25,26,27)/b7-5-,17-8+. The molecule has 140 valence electrons. The predicted octanol–water partition coefficient (Wildman–Crippen LogP) is 5.69. The van der Waals surface area contributed by atoms with Gasteiger partial charge >= 0.3 is 0 Å². The normalized spacial score (nSPS) is 11.8. The van der Waals surface area contributed by atoms with E-state index in [1.165, 1.54) is 0 Å². The first-order valence-corrected chi connectivity index (χ1v) is 9.14. The molecule has 0 atom stereocenters. The lowest BCUT2D eigenvalue weighted by Crippen LogP contribution is -2.01. The van der Waals surface area contributed by atoms with Gasteiger partial charge in [-0.15, -0.1) is 0 Å². The molecule has 3 aromatic rings. The molecule has 0 radical (unpaired) electrons. The maximum absolute atomic E-state index is 11.5. The number of hydrogen-bond acceptors (Lipinski definition) is 4. The highest BCUT2D eigenvalue weighted by atomic mass is 16.1. The van der Waals surface area contributed by atoms with E-state index in [0.29, 0.717) is 11.4 Å². The summed E-state index contributed by atoms with van der Waals surface area (Å²) in [5, 5.41) is 4.11. The first-order chi connectivity index (χ1) is 13.6. The van der Waals surface area contributed by atoms with Gasteiger partial charge in [-0.1, -0.05) is 61.2 Å². The molecule has 0 aliphatic carbocycles. The number of allylic oxidation sites excluding steroid dienone is 5. The fourth-order valence-corrected chi connectivity index (χ4v) is 2.96. The lowest BCUT2D eigenvalue weighted by atomic mass is 10.0. The molecular formula is C24H23N3O. The van der Waals surface area contributed by atoms with Gasteiger partial charge in [0.2, 0.25) is 0 Å². The number of hydrogen-bond donors (Lipinski definition) is 1. The molecule has 3 rings (SSSR count). The van der Waals surface area contributed by atoms with Crippen molar-refractivity contribution >= 4 is 28.1 Å². The van der Waals surface area contributed by atoms with Crippen LogP contribution in [0.2, 0.25) is 0 Å². The van der Waals surface area contributed by atoms with Crippen molar-refractivity contribution in [3.63, 3.8) is 0 Å². The predicted molar refractivity (Wildman–Crippen MR) is 118 cm³/mol. The summed E-state index contributed by atoms with van der Waals surface area (Å²) in [6, 6.07) is 13.7. The SMILES string of the molecule is C=C/C(=C\C=C/C)c1nc(NC)c2cc(-c3ccc(C(C)=O)cc3)ccc2n1. The number of nitrogens with zero attached hydrogens (tertiary/aromatic N) is 2. The van der Waals surface area contributed by atoms with E-state index in [4.69, 9.17) is 4.98 Å². The number of carbonyl (C=O) groups excluding carboxylic acids is 1. The number of carbonyl (C=O) groups is 1. The average Bonchev–Trinajstić information content (AvgIpc) is 2.73. The molecule has 0 fully saturated rings. The van der Waals surface area contributed by atoms with Gasteiger partial charge in [-0.05, 0) is 37.1 Å². The average molecular weight is 369 g/mol. The van der Waals surface area contributed by atoms with Crippen LogP contribution in [0.25, 0.3) is 27.6 Å². The Labute approximate surface area is 165 Å². The topological polar surface area (TPSA) is 54.9 Å². The van der Waals surface area contributed by atoms with Crippen molar-refractivity contribution in [3.05, 3.63) is 84.7 Å². The van der Waals surface area contributed by atoms with Crippen LogP contribution in [0.4, 0.5) is 5.82 Å². The minimum Gasteiger partial charge on any atom is -0.373 e. The third-order valence-corrected chi connectivity index (χ3v) is 4.50. The van der Waals surface area contributed by atoms with Crippen LogP contribution >= 0.6 is 0 Å². The molecule has 0 amide bonds. The van der Waals surface area contributed by atoms with E-state index in [0.717, 1.165) is 33.4 Å². The fourth-order valence-electron chi connectivity index (χ4n) is 2.96. The van der Waals surface area contributed by atoms with Gasteiger partial charge in [-0.25, -0.2) is 9.97 Å². The summed E-state index contributed by atoms with van der Waals surface area (Å²) in [5.41, 5.74) is 4.51. The Morgan fingerprint density at radius 2 is 1.79 bits per heavy atom. The minimum atomic E-state index is 0.0625. The van der Waals surface area contributed by atoms with Gasteiger partial charge in [-0.3, -0.25) is 4.79 Å². The Balaban J connectivity index is 2.10. The van der Waals surface area contributed by atoms with Crippen LogP contribution in [0.3, 0.4) is 0 Å². The number of aromatic nitrogens is 2. The molecule has 0 aliphatic heterocycles. The number of rotatable bonds is 6. The van der Waals surface area contributed by atoms with E-state index < -0.39 is 0 Å². The zero-order chi connectivity index (χ0) is 20.1. The quantitative estimate of drug-likeness (QED) is 0.448. The Morgan fingerprint density at radius 1 is 1.07 bits per heavy atom. The monoisotopic (exact) mass is 369 g/mol. The molecule has 0 aliphatic rings. The van der Waals surface area contributed by atoms with Gasteiger partial charge in [0.15, 0.2) is 11.6 Å². The van der Waals surface area contributed by atoms with Gasteiger partial charge in [0.05, 0.1) is 5.52 Å². The Bertz CT molecular complexity index is 1090. The van der Waals surface area contributed by atoms with Crippen molar-refractivity contribution in [2.75, 3.05) is 12.4 Å². The van der Waals surface area contributed by atoms with Crippen LogP contribution in [0, 0.1) is 0 Å². The lowest BCUT2D eigenvalue weighted by Gasteiger charge is -2.11. The molecule has 1 N–H and O–H groups in total. The fraction of sp³-hybridized carbons (Fsp3) is 0.125. The highest BCUT2D eigenvalue weighted by Gasteiger charge is 2.10. The highest BCUT2D eigenvalue weighted by Crippen LogP contribution is 2.29. The van der Waals surface area contributed by atoms with Gasteiger partial charge < -0.3 is 5.32 Å². The maximum atomic E-state index is 11.5. The summed E-state index contributed by atoms with van der Waals surface area (Å²) >= 11 is 0. The van der Waals surface area contributed by atoms with E-state index in [1.807, 2.05) is 68.6 Å². The second-order valence-corrected chi connectivity index (χ2v) is 6.36. The molecule has 0 saturated heterocycles. The highest BCUT2D eigenvalue weighted by molar-refractivity contribution is 5.96. The summed E-state index contributed by atoms with van der Waals surface area (Å²) < 4.78 is 0. The van der Waals surface area contributed by atoms with Crippen molar-refractivity contribution in [1.82, 2.24) is 9.97 Å². The molecule has 4 heteroatoms. The van der Waals surface area contributed by atoms with E-state index in [-0.39, 0.29) is 5.78 Å². The third kappa shape index (κ3) is 3.91. The molecule has 28 heavy (non-hydrogen) atoms. The zero-order valence-corrected chi connectivity index (χ0v) is 16.4. The summed E-state index contributed by atoms with van der Waals surface area (Å²) in [6.07, 6.45) is 7.59. The molecule has 0 bridgehead atoms. The number of Topliss-reactive ketones (excluding diaryl/α,β-unsaturated/α-hetero) is 1. The number of ketones is 1. The summed E-state index contributed by atoms with van der Waals surface area (Å²) in [6.45, 7) is 7.40. The van der Waals surface area contributed by atoms with Crippen molar-refractivity contribution in [2.24, 2.45) is 0 Å². The number of benzene rings is 2. The van der Waals surface area contributed by atoms with Crippen LogP contribution in [0.5, 0.6) is 0 Å². The summed E-state index contributed by atoms with van der Waals surface area (Å²) in [5.74, 6) is 1.45. The van der Waals surface area contributed by atoms with Crippen molar-refractivity contribution in [2.45, 2.75) is 13.8 Å². The van der Waals surface area contributed by atoms with Crippen LogP contribution in [0.1, 0.15) is 30.0 Å². The molecule has 0 unspecified atom stereocenters. The minimum absolute atomic E-state index is 0.0625. The van der Waals surface area contributed by atoms with Crippen molar-refractivity contribution in [3.8, 4) is 11.1 Å². The third-order valence-electron chi connectivity index (χ3n) is 4.50. The van der Waals surface area contributed by atoms with Crippen LogP contribution in [-0.4, -0.2) is 22.8 Å². The Morgan fingerprint density at radius 3 is 2.39 bits per heavy atom. The van der Waals surface area contributed by atoms with Crippen molar-refractivity contribution in [1.29, 1.82) is 0 Å². The molecule has 1 heterocycles. The molecule has 0 saturated carbocycles. The van der Waals surface area contributed by atoms with E-state index in [1.54, 1.807) is 13.0 Å². The zero-order valence-electron chi connectivity index (χ0n) is 16.4. The number of fused-ring (bicyclic) bond motifs is 1. The smallest absolute Gasteiger partial charge is 0.162 e. The number of anilines is 1. The summed E-state index contributed by atoms with van der Waals surface area (Å²) in [4.78, 5) is 20.9. The second-order valence-electron chi connectivity index (χ2n) is 6.36. The van der Waals surface area contributed by atoms with E-state index >= 15 is 0 Å². The van der Waals surface area contributed by atoms with Gasteiger partial charge in [0.25, 0.3) is 0 Å². The molecule has 1 aromatic heterocycles. The summed E-state index contributed by atoms with van der Waals surface area (Å²) in [7, 11) is 1.85. The van der Waals surface area contributed by atoms with E-state index in [9.17, 15) is 4.79 Å². The van der Waals surface area contributed by atoms with Gasteiger partial charge in [-0.2, -0.15) is 0 Å². The van der Waals surface area contributed by atoms with Crippen LogP contribution < -0.4 is 5.32 Å². The molecule has 0 spiro atoms. The van der Waals surface area contributed by atoms with Crippen LogP contribution in [-0.2, 0) is 0 Å². The Kier molecular flexibility index (Phi) is 5.80. The Hall–Kier alpha value is -3.53. The first kappa shape index (κ1) is 19.2. The second kappa shape index (κ2) is 8.44. The van der Waals surface area contributed by atoms with Gasteiger partial charge in [0.1, 0.15) is 5.82 Å². The number of nitrogens with one attached hydrogen (secondary N) is 1. The lowest BCUT2D eigenvalue weighted by molar-refractivity contribution is 0.101. The molecule has 2 aromatic carbocycles. The maximum Gasteiger partial charge on any atom is 0.162 e. The van der Waals surface area contributed by atoms with Crippen LogP contribution in [0.15, 0.2) is 73.3 Å². The molecular weight excluding hydrogens is 346 g/mol. The largest absolute Gasteiger partial charge is 0.373 e. The molecule has 4 nitrogen and oxygen atoms in total. The van der Waals surface area contributed by atoms with Crippen molar-refractivity contribution < 1.29 is 4.79 Å². The first-order valence-electron chi connectivity index (χ1n) is 9.14. The van der Waals surface area contributed by atoms with Gasteiger partial charge in [0, 0.05) is 23.6 Å².